The molecule has 0 radical (unpaired) electrons. The SMILES string of the molecule is COc1ccc(S(=O)(=O)N(CC(=O)N/N=C\c2ccc(OCC(=O)NC[C@H]3CCCO3)cc2)c2ccccc2)cc1OC. The number of anilines is 1. The molecule has 1 aliphatic heterocycles. The van der Waals surface area contributed by atoms with Crippen molar-refractivity contribution in [2.24, 2.45) is 5.10 Å². The van der Waals surface area contributed by atoms with Crippen molar-refractivity contribution in [3.05, 3.63) is 78.4 Å². The van der Waals surface area contributed by atoms with Crippen LogP contribution in [0.4, 0.5) is 5.69 Å². The van der Waals surface area contributed by atoms with Gasteiger partial charge in [0.1, 0.15) is 12.3 Å². The number of para-hydroxylation sites is 1. The highest BCUT2D eigenvalue weighted by Crippen LogP contribution is 2.32. The molecule has 1 atom stereocenters. The summed E-state index contributed by atoms with van der Waals surface area (Å²) in [6.07, 6.45) is 3.41. The zero-order chi connectivity index (χ0) is 30.7. The lowest BCUT2D eigenvalue weighted by molar-refractivity contribution is -0.123. The van der Waals surface area contributed by atoms with Crippen molar-refractivity contribution < 1.29 is 37.0 Å². The van der Waals surface area contributed by atoms with Gasteiger partial charge in [0.25, 0.3) is 21.8 Å². The fourth-order valence-corrected chi connectivity index (χ4v) is 5.68. The molecule has 1 fully saturated rings. The number of nitrogens with one attached hydrogen (secondary N) is 2. The number of rotatable bonds is 14. The lowest BCUT2D eigenvalue weighted by atomic mass is 10.2. The minimum absolute atomic E-state index is 0.0615. The van der Waals surface area contributed by atoms with Gasteiger partial charge in [-0.2, -0.15) is 5.10 Å². The molecule has 1 heterocycles. The summed E-state index contributed by atoms with van der Waals surface area (Å²) >= 11 is 0. The molecule has 43 heavy (non-hydrogen) atoms. The summed E-state index contributed by atoms with van der Waals surface area (Å²) in [6, 6.07) is 19.2. The third kappa shape index (κ3) is 8.69. The maximum Gasteiger partial charge on any atom is 0.264 e. The van der Waals surface area contributed by atoms with Crippen LogP contribution in [0.15, 0.2) is 82.8 Å². The Morgan fingerprint density at radius 1 is 1.00 bits per heavy atom. The van der Waals surface area contributed by atoms with Gasteiger partial charge >= 0.3 is 0 Å². The molecule has 1 aliphatic rings. The van der Waals surface area contributed by atoms with E-state index >= 15 is 0 Å². The van der Waals surface area contributed by atoms with Gasteiger partial charge < -0.3 is 24.3 Å². The number of amides is 2. The van der Waals surface area contributed by atoms with Crippen LogP contribution in [0.25, 0.3) is 0 Å². The molecule has 0 spiro atoms. The second kappa shape index (κ2) is 15.0. The van der Waals surface area contributed by atoms with Crippen LogP contribution in [-0.2, 0) is 24.3 Å². The van der Waals surface area contributed by atoms with Crippen LogP contribution in [0.5, 0.6) is 17.2 Å². The van der Waals surface area contributed by atoms with Crippen LogP contribution < -0.4 is 29.3 Å². The van der Waals surface area contributed by atoms with Crippen molar-refractivity contribution in [1.82, 2.24) is 10.7 Å². The number of nitrogens with zero attached hydrogens (tertiary/aromatic N) is 2. The number of benzene rings is 3. The summed E-state index contributed by atoms with van der Waals surface area (Å²) in [5.41, 5.74) is 3.32. The molecule has 0 saturated carbocycles. The molecule has 13 heteroatoms. The summed E-state index contributed by atoms with van der Waals surface area (Å²) in [4.78, 5) is 24.7. The number of ether oxygens (including phenoxy) is 4. The van der Waals surface area contributed by atoms with Gasteiger partial charge in [-0.25, -0.2) is 13.8 Å². The topological polar surface area (TPSA) is 145 Å². The van der Waals surface area contributed by atoms with Crippen LogP contribution in [0.2, 0.25) is 0 Å². The Kier molecular flexibility index (Phi) is 10.9. The minimum Gasteiger partial charge on any atom is -0.493 e. The fourth-order valence-electron chi connectivity index (χ4n) is 4.24. The molecule has 0 aromatic heterocycles. The van der Waals surface area contributed by atoms with Crippen molar-refractivity contribution in [2.75, 3.05) is 44.8 Å². The van der Waals surface area contributed by atoms with Crippen LogP contribution in [0.1, 0.15) is 18.4 Å². The predicted molar refractivity (Wildman–Crippen MR) is 160 cm³/mol. The summed E-state index contributed by atoms with van der Waals surface area (Å²) in [6.45, 7) is 0.541. The second-order valence-electron chi connectivity index (χ2n) is 9.45. The first kappa shape index (κ1) is 31.3. The standard InChI is InChI=1S/C30H34N4O8S/c1-39-27-15-14-26(17-28(27)40-2)43(37,38)34(23-7-4-3-5-8-23)20-29(35)33-32-18-22-10-12-24(13-11-22)42-21-30(36)31-19-25-9-6-16-41-25/h3-5,7-8,10-15,17-18,25H,6,9,16,19-21H2,1-2H3,(H,31,36)(H,33,35)/b32-18-/t25-/m1/s1. The maximum atomic E-state index is 13.6. The first-order chi connectivity index (χ1) is 20.8. The van der Waals surface area contributed by atoms with Gasteiger partial charge in [0.05, 0.1) is 37.1 Å². The van der Waals surface area contributed by atoms with Crippen LogP contribution >= 0.6 is 0 Å². The molecule has 0 unspecified atom stereocenters. The zero-order valence-electron chi connectivity index (χ0n) is 23.9. The third-order valence-electron chi connectivity index (χ3n) is 6.48. The highest BCUT2D eigenvalue weighted by atomic mass is 32.2. The van der Waals surface area contributed by atoms with Gasteiger partial charge in [0.2, 0.25) is 0 Å². The number of carbonyl (C=O) groups excluding carboxylic acids is 2. The van der Waals surface area contributed by atoms with Crippen molar-refractivity contribution in [3.8, 4) is 17.2 Å². The third-order valence-corrected chi connectivity index (χ3v) is 8.25. The van der Waals surface area contributed by atoms with E-state index in [2.05, 4.69) is 15.8 Å². The Balaban J connectivity index is 1.34. The Labute approximate surface area is 250 Å². The Hall–Kier alpha value is -4.62. The van der Waals surface area contributed by atoms with Crippen molar-refractivity contribution >= 4 is 33.7 Å². The number of hydrazone groups is 1. The van der Waals surface area contributed by atoms with Gasteiger partial charge in [-0.15, -0.1) is 0 Å². The van der Waals surface area contributed by atoms with Gasteiger partial charge in [0, 0.05) is 19.2 Å². The Morgan fingerprint density at radius 2 is 1.74 bits per heavy atom. The summed E-state index contributed by atoms with van der Waals surface area (Å²) in [7, 11) is -1.32. The van der Waals surface area contributed by atoms with E-state index in [0.717, 1.165) is 23.8 Å². The van der Waals surface area contributed by atoms with E-state index in [0.29, 0.717) is 29.3 Å². The monoisotopic (exact) mass is 610 g/mol. The molecule has 1 saturated heterocycles. The van der Waals surface area contributed by atoms with E-state index in [1.165, 1.54) is 38.6 Å². The lowest BCUT2D eigenvalue weighted by Gasteiger charge is -2.24. The highest BCUT2D eigenvalue weighted by Gasteiger charge is 2.28. The molecule has 2 N–H and O–H groups in total. The number of sulfonamides is 1. The Bertz CT molecular complexity index is 1510. The smallest absolute Gasteiger partial charge is 0.264 e. The van der Waals surface area contributed by atoms with Crippen LogP contribution in [-0.4, -0.2) is 73.1 Å². The van der Waals surface area contributed by atoms with E-state index in [1.807, 2.05) is 0 Å². The van der Waals surface area contributed by atoms with Crippen LogP contribution in [0.3, 0.4) is 0 Å². The average Bonchev–Trinajstić information content (AvgIpc) is 3.56. The van der Waals surface area contributed by atoms with Crippen molar-refractivity contribution in [3.63, 3.8) is 0 Å². The van der Waals surface area contributed by atoms with E-state index < -0.39 is 22.5 Å². The number of methoxy groups -OCH3 is 2. The molecule has 0 bridgehead atoms. The van der Waals surface area contributed by atoms with Crippen molar-refractivity contribution in [1.29, 1.82) is 0 Å². The molecule has 12 nitrogen and oxygen atoms in total. The molecule has 4 rings (SSSR count). The summed E-state index contributed by atoms with van der Waals surface area (Å²) in [5, 5.41) is 6.75. The second-order valence-corrected chi connectivity index (χ2v) is 11.3. The van der Waals surface area contributed by atoms with E-state index in [1.54, 1.807) is 54.6 Å². The van der Waals surface area contributed by atoms with Gasteiger partial charge in [-0.05, 0) is 66.9 Å². The first-order valence-corrected chi connectivity index (χ1v) is 15.0. The van der Waals surface area contributed by atoms with E-state index in [-0.39, 0.29) is 29.3 Å². The molecular formula is C30H34N4O8S. The minimum atomic E-state index is -4.17. The summed E-state index contributed by atoms with van der Waals surface area (Å²) in [5.74, 6) is 0.210. The Morgan fingerprint density at radius 3 is 2.42 bits per heavy atom. The van der Waals surface area contributed by atoms with Gasteiger partial charge in [-0.1, -0.05) is 18.2 Å². The van der Waals surface area contributed by atoms with Gasteiger partial charge in [-0.3, -0.25) is 13.9 Å². The maximum absolute atomic E-state index is 13.6. The zero-order valence-corrected chi connectivity index (χ0v) is 24.7. The van der Waals surface area contributed by atoms with Gasteiger partial charge in [0.15, 0.2) is 18.1 Å². The lowest BCUT2D eigenvalue weighted by Crippen LogP contribution is -2.39. The largest absolute Gasteiger partial charge is 0.493 e. The normalized spacial score (nSPS) is 14.7. The highest BCUT2D eigenvalue weighted by molar-refractivity contribution is 7.92. The molecule has 0 aliphatic carbocycles. The number of hydrogen-bond donors (Lipinski definition) is 2. The van der Waals surface area contributed by atoms with Crippen LogP contribution in [0, 0.1) is 0 Å². The molecule has 2 amide bonds. The van der Waals surface area contributed by atoms with E-state index in [4.69, 9.17) is 18.9 Å². The molecule has 3 aromatic carbocycles. The van der Waals surface area contributed by atoms with E-state index in [9.17, 15) is 18.0 Å². The quantitative estimate of drug-likeness (QED) is 0.209. The number of hydrogen-bond acceptors (Lipinski definition) is 9. The number of carbonyl (C=O) groups is 2. The predicted octanol–water partition coefficient (Wildman–Crippen LogP) is 2.72. The first-order valence-electron chi connectivity index (χ1n) is 13.5. The fraction of sp³-hybridized carbons (Fsp3) is 0.300. The van der Waals surface area contributed by atoms with Crippen molar-refractivity contribution in [2.45, 2.75) is 23.8 Å². The summed E-state index contributed by atoms with van der Waals surface area (Å²) < 4.78 is 49.7. The molecule has 228 valence electrons. The molecule has 3 aromatic rings. The average molecular weight is 611 g/mol. The molecular weight excluding hydrogens is 576 g/mol.